The van der Waals surface area contributed by atoms with Crippen LogP contribution in [0.3, 0.4) is 0 Å². The Kier molecular flexibility index (Phi) is 7.24. The number of fused-ring (bicyclic) bond motifs is 1. The summed E-state index contributed by atoms with van der Waals surface area (Å²) < 4.78 is 30.4. The van der Waals surface area contributed by atoms with Gasteiger partial charge in [0.05, 0.1) is 11.8 Å². The van der Waals surface area contributed by atoms with Crippen LogP contribution in [0.25, 0.3) is 0 Å². The number of allylic oxidation sites excluding steroid dienone is 4. The van der Waals surface area contributed by atoms with Crippen LogP contribution in [-0.4, -0.2) is 45.7 Å². The Labute approximate surface area is 210 Å². The van der Waals surface area contributed by atoms with E-state index in [4.69, 9.17) is 15.9 Å². The van der Waals surface area contributed by atoms with Crippen molar-refractivity contribution >= 4 is 40.2 Å². The average Bonchev–Trinajstić information content (AvgIpc) is 3.45. The number of hydrogen-bond donors (Lipinski definition) is 3. The van der Waals surface area contributed by atoms with Gasteiger partial charge in [0.1, 0.15) is 31.7 Å². The first-order chi connectivity index (χ1) is 16.2. The molecule has 11 heteroatoms. The smallest absolute Gasteiger partial charge is 0.323 e. The Morgan fingerprint density at radius 3 is 2.82 bits per heavy atom. The Morgan fingerprint density at radius 2 is 2.15 bits per heavy atom. The number of rotatable bonds is 9. The zero-order chi connectivity index (χ0) is 24.5. The SMILES string of the molecule is C[N+]1(C)N=C(CC/C2=C/N=C(C=N)\C(N[C@@H](N)c3ccc(F)nc3)=C3/CC3C2)C=C1OC(F)I. The number of aliphatic imine (C=N–C) groups is 1. The second-order valence-corrected chi connectivity index (χ2v) is 9.81. The van der Waals surface area contributed by atoms with Gasteiger partial charge in [0.15, 0.2) is 0 Å². The fourth-order valence-corrected chi connectivity index (χ4v) is 4.35. The summed E-state index contributed by atoms with van der Waals surface area (Å²) in [5.41, 5.74) is 11.4. The third kappa shape index (κ3) is 5.76. The molecule has 1 saturated carbocycles. The molecule has 2 unspecified atom stereocenters. The molecule has 1 fully saturated rings. The number of hydrogen-bond acceptors (Lipinski definition) is 7. The third-order valence-electron chi connectivity index (χ3n) is 5.94. The number of halogens is 3. The predicted octanol–water partition coefficient (Wildman–Crippen LogP) is 4.19. The number of pyridine rings is 1. The molecule has 3 atom stereocenters. The average molecular weight is 582 g/mol. The van der Waals surface area contributed by atoms with Gasteiger partial charge in [-0.1, -0.05) is 10.7 Å². The number of nitrogens with one attached hydrogen (secondary N) is 2. The predicted molar refractivity (Wildman–Crippen MR) is 135 cm³/mol. The van der Waals surface area contributed by atoms with Crippen LogP contribution in [0.2, 0.25) is 0 Å². The van der Waals surface area contributed by atoms with E-state index >= 15 is 0 Å². The normalized spacial score (nSPS) is 28.0. The van der Waals surface area contributed by atoms with E-state index < -0.39 is 16.5 Å². The molecule has 3 heterocycles. The molecule has 3 aliphatic rings. The highest BCUT2D eigenvalue weighted by Crippen LogP contribution is 2.46. The van der Waals surface area contributed by atoms with Crippen molar-refractivity contribution in [2.45, 2.75) is 36.2 Å². The van der Waals surface area contributed by atoms with Crippen molar-refractivity contribution in [1.82, 2.24) is 10.3 Å². The first kappa shape index (κ1) is 24.6. The van der Waals surface area contributed by atoms with Crippen LogP contribution in [0.5, 0.6) is 0 Å². The summed E-state index contributed by atoms with van der Waals surface area (Å²) >= 11 is 1.58. The van der Waals surface area contributed by atoms with Gasteiger partial charge in [-0.15, -0.1) is 4.59 Å². The molecule has 4 N–H and O–H groups in total. The first-order valence-electron chi connectivity index (χ1n) is 10.9. The van der Waals surface area contributed by atoms with Gasteiger partial charge in [0.2, 0.25) is 5.95 Å². The maximum atomic E-state index is 13.3. The molecule has 1 aromatic heterocycles. The Balaban J connectivity index is 1.45. The molecule has 4 rings (SSSR count). The number of quaternary nitrogens is 1. The van der Waals surface area contributed by atoms with Gasteiger partial charge in [-0.3, -0.25) is 4.99 Å². The van der Waals surface area contributed by atoms with Crippen LogP contribution in [0.1, 0.15) is 37.4 Å². The number of nitrogens with zero attached hydrogens (tertiary/aromatic N) is 4. The summed E-state index contributed by atoms with van der Waals surface area (Å²) in [6.07, 6.45) is 8.85. The topological polar surface area (TPSA) is 109 Å². The highest BCUT2D eigenvalue weighted by atomic mass is 127. The highest BCUT2D eigenvalue weighted by Gasteiger charge is 2.37. The van der Waals surface area contributed by atoms with Crippen molar-refractivity contribution in [2.24, 2.45) is 21.7 Å². The lowest BCUT2D eigenvalue weighted by atomic mass is 10.0. The van der Waals surface area contributed by atoms with Gasteiger partial charge in [-0.25, -0.2) is 4.98 Å². The molecule has 0 saturated heterocycles. The lowest BCUT2D eigenvalue weighted by Crippen LogP contribution is -2.32. The second kappa shape index (κ2) is 10.0. The first-order valence-corrected chi connectivity index (χ1v) is 12.1. The number of nitrogens with two attached hydrogens (primary N) is 1. The fraction of sp³-hybridized carbons (Fsp3) is 0.391. The Morgan fingerprint density at radius 1 is 1.35 bits per heavy atom. The summed E-state index contributed by atoms with van der Waals surface area (Å²) in [6.45, 7) is 0. The standard InChI is InChI=1S/C23H27F2IN7O/c1-33(2)20(34-23(25)26)9-16(32-33)5-3-13-7-15-8-17(15)21(18(10-27)29-11-13)31-22(28)14-4-6-19(24)30-12-14/h4,6,9-12,15,22-23,27,31H,3,5,7-8,28H2,1-2H3/q+1/b13-11-,21-17-,27-10?,29-18-/t15?,22-,23?/m1/s1. The van der Waals surface area contributed by atoms with Gasteiger partial charge >= 0.3 is 5.88 Å². The summed E-state index contributed by atoms with van der Waals surface area (Å²) in [5.74, 6) is 0.271. The zero-order valence-corrected chi connectivity index (χ0v) is 21.1. The van der Waals surface area contributed by atoms with E-state index in [-0.39, 0.29) is 4.59 Å². The molecule has 0 radical (unpaired) electrons. The Hall–Kier alpha value is -2.51. The van der Waals surface area contributed by atoms with Gasteiger partial charge < -0.3 is 21.2 Å². The number of aromatic nitrogens is 1. The number of ether oxygens (including phenoxy) is 1. The van der Waals surface area contributed by atoms with E-state index in [1.807, 2.05) is 20.3 Å². The second-order valence-electron chi connectivity index (χ2n) is 8.83. The molecule has 1 aromatic rings. The van der Waals surface area contributed by atoms with Crippen molar-refractivity contribution in [1.29, 1.82) is 5.41 Å². The minimum atomic E-state index is -1.42. The highest BCUT2D eigenvalue weighted by molar-refractivity contribution is 14.1. The maximum Gasteiger partial charge on any atom is 0.323 e. The van der Waals surface area contributed by atoms with E-state index in [1.165, 1.54) is 29.6 Å². The van der Waals surface area contributed by atoms with Gasteiger partial charge in [-0.05, 0) is 49.3 Å². The van der Waals surface area contributed by atoms with Crippen molar-refractivity contribution in [3.05, 3.63) is 64.8 Å². The van der Waals surface area contributed by atoms with Crippen LogP contribution < -0.4 is 11.1 Å². The van der Waals surface area contributed by atoms with E-state index in [9.17, 15) is 8.78 Å². The third-order valence-corrected chi connectivity index (χ3v) is 6.19. The molecular formula is C23H27F2IN7O+. The summed E-state index contributed by atoms with van der Waals surface area (Å²) in [6, 6.07) is 2.85. The minimum Gasteiger partial charge on any atom is -0.406 e. The molecule has 1 aliphatic carbocycles. The molecule has 0 aromatic carbocycles. The largest absolute Gasteiger partial charge is 0.406 e. The molecule has 0 bridgehead atoms. The van der Waals surface area contributed by atoms with Crippen molar-refractivity contribution in [3.8, 4) is 0 Å². The quantitative estimate of drug-likeness (QED) is 0.101. The zero-order valence-electron chi connectivity index (χ0n) is 18.9. The van der Waals surface area contributed by atoms with Crippen LogP contribution >= 0.6 is 22.6 Å². The molecule has 8 nitrogen and oxygen atoms in total. The lowest BCUT2D eigenvalue weighted by Gasteiger charge is -2.20. The number of alkyl halides is 2. The van der Waals surface area contributed by atoms with Crippen LogP contribution in [0.15, 0.2) is 63.4 Å². The summed E-state index contributed by atoms with van der Waals surface area (Å²) in [7, 11) is 3.69. The molecular weight excluding hydrogens is 555 g/mol. The fourth-order valence-electron chi connectivity index (χ4n) is 4.08. The molecule has 0 amide bonds. The molecule has 180 valence electrons. The van der Waals surface area contributed by atoms with Gasteiger partial charge in [0.25, 0.3) is 4.36 Å². The summed E-state index contributed by atoms with van der Waals surface area (Å²) in [5, 5.41) is 15.7. The minimum absolute atomic E-state index is 0.127. The van der Waals surface area contributed by atoms with E-state index in [0.717, 1.165) is 30.7 Å². The Bertz CT molecular complexity index is 1120. The summed E-state index contributed by atoms with van der Waals surface area (Å²) in [4.78, 5) is 8.21. The van der Waals surface area contributed by atoms with Crippen molar-refractivity contribution < 1.29 is 18.1 Å². The maximum absolute atomic E-state index is 13.3. The van der Waals surface area contributed by atoms with E-state index in [1.54, 1.807) is 34.7 Å². The van der Waals surface area contributed by atoms with Crippen LogP contribution in [0, 0.1) is 17.3 Å². The molecule has 0 spiro atoms. The van der Waals surface area contributed by atoms with E-state index in [0.29, 0.717) is 29.5 Å². The van der Waals surface area contributed by atoms with Crippen LogP contribution in [-0.2, 0) is 4.74 Å². The van der Waals surface area contributed by atoms with Crippen molar-refractivity contribution in [2.75, 3.05) is 14.1 Å². The molecule has 34 heavy (non-hydrogen) atoms. The van der Waals surface area contributed by atoms with Crippen LogP contribution in [0.4, 0.5) is 8.78 Å². The van der Waals surface area contributed by atoms with Crippen molar-refractivity contribution in [3.63, 3.8) is 0 Å². The lowest BCUT2D eigenvalue weighted by molar-refractivity contribution is -0.872. The monoisotopic (exact) mass is 582 g/mol. The van der Waals surface area contributed by atoms with Gasteiger partial charge in [0, 0.05) is 46.8 Å². The van der Waals surface area contributed by atoms with E-state index in [2.05, 4.69) is 20.4 Å². The van der Waals surface area contributed by atoms with Gasteiger partial charge in [-0.2, -0.15) is 8.78 Å². The molecule has 2 aliphatic heterocycles.